The van der Waals surface area contributed by atoms with Gasteiger partial charge >= 0.3 is 0 Å². The normalized spacial score (nSPS) is 13.1. The zero-order valence-electron chi connectivity index (χ0n) is 16.2. The van der Waals surface area contributed by atoms with Crippen molar-refractivity contribution in [3.05, 3.63) is 85.3 Å². The minimum absolute atomic E-state index is 0.0621. The molecule has 0 amide bonds. The van der Waals surface area contributed by atoms with Crippen LogP contribution in [0.5, 0.6) is 5.75 Å². The molecule has 0 radical (unpaired) electrons. The summed E-state index contributed by atoms with van der Waals surface area (Å²) in [5.74, 6) is 0.816. The van der Waals surface area contributed by atoms with E-state index in [4.69, 9.17) is 16.3 Å². The second kappa shape index (κ2) is 8.16. The molecule has 2 aromatic carbocycles. The molecule has 2 heterocycles. The molecule has 0 atom stereocenters. The number of nitrogens with zero attached hydrogens (tertiary/aromatic N) is 4. The average molecular weight is 427 g/mol. The highest BCUT2D eigenvalue weighted by Crippen LogP contribution is 2.30. The Morgan fingerprint density at radius 1 is 1.20 bits per heavy atom. The fourth-order valence-electron chi connectivity index (χ4n) is 3.54. The van der Waals surface area contributed by atoms with Crippen molar-refractivity contribution in [2.75, 3.05) is 18.1 Å². The molecule has 1 aliphatic rings. The Bertz CT molecular complexity index is 1160. The molecule has 30 heavy (non-hydrogen) atoms. The molecule has 0 aliphatic carbocycles. The fraction of sp³-hybridized carbons (Fsp3) is 0.238. The molecule has 0 fully saturated rings. The zero-order chi connectivity index (χ0) is 21.3. The van der Waals surface area contributed by atoms with Crippen molar-refractivity contribution >= 4 is 23.0 Å². The van der Waals surface area contributed by atoms with Gasteiger partial charge in [-0.2, -0.15) is 9.78 Å². The van der Waals surface area contributed by atoms with Crippen LogP contribution in [0.1, 0.15) is 18.1 Å². The first-order valence-electron chi connectivity index (χ1n) is 9.50. The molecule has 4 rings (SSSR count). The third-order valence-corrected chi connectivity index (χ3v) is 5.40. The van der Waals surface area contributed by atoms with E-state index in [-0.39, 0.29) is 10.7 Å². The van der Waals surface area contributed by atoms with Crippen molar-refractivity contribution < 1.29 is 9.66 Å². The topological polar surface area (TPSA) is 90.5 Å². The monoisotopic (exact) mass is 426 g/mol. The summed E-state index contributed by atoms with van der Waals surface area (Å²) in [5.41, 5.74) is 2.81. The first-order valence-corrected chi connectivity index (χ1v) is 9.88. The average Bonchev–Trinajstić information content (AvgIpc) is 2.75. The van der Waals surface area contributed by atoms with Crippen LogP contribution in [-0.2, 0) is 13.0 Å². The predicted octanol–water partition coefficient (Wildman–Crippen LogP) is 3.76. The summed E-state index contributed by atoms with van der Waals surface area (Å²) in [6, 6.07) is 11.6. The summed E-state index contributed by atoms with van der Waals surface area (Å²) in [5, 5.41) is 15.1. The van der Waals surface area contributed by atoms with Gasteiger partial charge in [-0.1, -0.05) is 17.7 Å². The number of ether oxygens (including phenoxy) is 1. The van der Waals surface area contributed by atoms with E-state index in [1.807, 2.05) is 24.0 Å². The molecular formula is C21H19ClN4O4. The number of aromatic nitrogens is 2. The largest absolute Gasteiger partial charge is 0.494 e. The number of anilines is 1. The molecule has 0 spiro atoms. The molecule has 8 nitrogen and oxygen atoms in total. The number of benzene rings is 2. The van der Waals surface area contributed by atoms with Crippen molar-refractivity contribution in [1.82, 2.24) is 9.78 Å². The highest BCUT2D eigenvalue weighted by Gasteiger charge is 2.22. The van der Waals surface area contributed by atoms with Crippen LogP contribution >= 0.6 is 11.6 Å². The van der Waals surface area contributed by atoms with Crippen molar-refractivity contribution in [3.63, 3.8) is 0 Å². The molecule has 0 bridgehead atoms. The molecule has 0 saturated heterocycles. The van der Waals surface area contributed by atoms with E-state index in [2.05, 4.69) is 11.2 Å². The molecule has 0 unspecified atom stereocenters. The number of rotatable bonds is 5. The van der Waals surface area contributed by atoms with E-state index in [1.165, 1.54) is 29.8 Å². The SMILES string of the molecule is CCOc1ccc2c(c1)CN(c1cnn(-c3ccc([N+](=O)[O-])cc3)c(=O)c1Cl)CC2. The number of fused-ring (bicyclic) bond motifs is 1. The minimum atomic E-state index is -0.499. The maximum absolute atomic E-state index is 12.8. The van der Waals surface area contributed by atoms with Crippen molar-refractivity contribution in [2.45, 2.75) is 19.9 Å². The van der Waals surface area contributed by atoms with E-state index in [0.29, 0.717) is 31.1 Å². The molecule has 1 aromatic heterocycles. The summed E-state index contributed by atoms with van der Waals surface area (Å²) in [6.45, 7) is 3.85. The Hall–Kier alpha value is -3.39. The third-order valence-electron chi connectivity index (χ3n) is 5.05. The van der Waals surface area contributed by atoms with Crippen molar-refractivity contribution in [2.24, 2.45) is 0 Å². The number of halogens is 1. The number of hydrogen-bond acceptors (Lipinski definition) is 6. The van der Waals surface area contributed by atoms with Crippen LogP contribution in [0, 0.1) is 10.1 Å². The van der Waals surface area contributed by atoms with Gasteiger partial charge in [-0.3, -0.25) is 14.9 Å². The molecule has 9 heteroatoms. The fourth-order valence-corrected chi connectivity index (χ4v) is 3.79. The van der Waals surface area contributed by atoms with Gasteiger partial charge in [0.05, 0.1) is 29.1 Å². The van der Waals surface area contributed by atoms with Crippen molar-refractivity contribution in [3.8, 4) is 11.4 Å². The lowest BCUT2D eigenvalue weighted by atomic mass is 9.99. The van der Waals surface area contributed by atoms with Gasteiger partial charge in [-0.15, -0.1) is 0 Å². The molecule has 3 aromatic rings. The summed E-state index contributed by atoms with van der Waals surface area (Å²) in [4.78, 5) is 25.2. The summed E-state index contributed by atoms with van der Waals surface area (Å²) >= 11 is 6.42. The van der Waals surface area contributed by atoms with E-state index in [0.717, 1.165) is 22.4 Å². The van der Waals surface area contributed by atoms with Gasteiger partial charge < -0.3 is 9.64 Å². The standard InChI is InChI=1S/C21H19ClN4O4/c1-2-30-18-8-3-14-9-10-24(13-15(14)11-18)19-12-23-25(21(27)20(19)22)16-4-6-17(7-5-16)26(28)29/h3-8,11-12H,2,9-10,13H2,1H3. The number of hydrogen-bond donors (Lipinski definition) is 0. The maximum atomic E-state index is 12.8. The van der Waals surface area contributed by atoms with Gasteiger partial charge in [-0.25, -0.2) is 0 Å². The highest BCUT2D eigenvalue weighted by atomic mass is 35.5. The lowest BCUT2D eigenvalue weighted by Crippen LogP contribution is -2.33. The Morgan fingerprint density at radius 3 is 2.67 bits per heavy atom. The zero-order valence-corrected chi connectivity index (χ0v) is 17.0. The maximum Gasteiger partial charge on any atom is 0.292 e. The van der Waals surface area contributed by atoms with Crippen LogP contribution in [0.3, 0.4) is 0 Å². The van der Waals surface area contributed by atoms with Gasteiger partial charge in [0.25, 0.3) is 11.2 Å². The van der Waals surface area contributed by atoms with Crippen molar-refractivity contribution in [1.29, 1.82) is 0 Å². The summed E-state index contributed by atoms with van der Waals surface area (Å²) in [6.07, 6.45) is 2.38. The lowest BCUT2D eigenvalue weighted by Gasteiger charge is -2.31. The molecule has 154 valence electrons. The first kappa shape index (κ1) is 19.9. The van der Waals surface area contributed by atoms with Gasteiger partial charge in [0.2, 0.25) is 0 Å². The highest BCUT2D eigenvalue weighted by molar-refractivity contribution is 6.33. The number of non-ortho nitro benzene ring substituents is 1. The van der Waals surface area contributed by atoms with Crippen LogP contribution in [0.15, 0.2) is 53.5 Å². The van der Waals surface area contributed by atoms with E-state index >= 15 is 0 Å². The summed E-state index contributed by atoms with van der Waals surface area (Å²) in [7, 11) is 0. The second-order valence-corrected chi connectivity index (χ2v) is 7.25. The minimum Gasteiger partial charge on any atom is -0.494 e. The van der Waals surface area contributed by atoms with Crippen LogP contribution in [-0.4, -0.2) is 27.9 Å². The molecular weight excluding hydrogens is 408 g/mol. The lowest BCUT2D eigenvalue weighted by molar-refractivity contribution is -0.384. The van der Waals surface area contributed by atoms with E-state index in [1.54, 1.807) is 6.20 Å². The predicted molar refractivity (Wildman–Crippen MR) is 114 cm³/mol. The molecule has 0 N–H and O–H groups in total. The van der Waals surface area contributed by atoms with Crippen LogP contribution < -0.4 is 15.2 Å². The number of nitro groups is 1. The Balaban J connectivity index is 1.63. The van der Waals surface area contributed by atoms with Gasteiger partial charge in [-0.05, 0) is 48.7 Å². The Kier molecular flexibility index (Phi) is 5.41. The smallest absolute Gasteiger partial charge is 0.292 e. The summed E-state index contributed by atoms with van der Waals surface area (Å²) < 4.78 is 6.73. The van der Waals surface area contributed by atoms with Crippen LogP contribution in [0.4, 0.5) is 11.4 Å². The first-order chi connectivity index (χ1) is 14.5. The van der Waals surface area contributed by atoms with Crippen LogP contribution in [0.25, 0.3) is 5.69 Å². The van der Waals surface area contributed by atoms with Gasteiger partial charge in [0.1, 0.15) is 10.8 Å². The molecule has 1 aliphatic heterocycles. The third kappa shape index (κ3) is 3.73. The van der Waals surface area contributed by atoms with Crippen LogP contribution in [0.2, 0.25) is 5.02 Å². The second-order valence-electron chi connectivity index (χ2n) is 6.87. The Labute approximate surface area is 177 Å². The van der Waals surface area contributed by atoms with Gasteiger partial charge in [0.15, 0.2) is 0 Å². The van der Waals surface area contributed by atoms with E-state index < -0.39 is 10.5 Å². The molecule has 0 saturated carbocycles. The quantitative estimate of drug-likeness (QED) is 0.455. The van der Waals surface area contributed by atoms with Gasteiger partial charge in [0, 0.05) is 25.2 Å². The number of nitro benzene ring substituents is 1. The van der Waals surface area contributed by atoms with E-state index in [9.17, 15) is 14.9 Å². The Morgan fingerprint density at radius 2 is 1.97 bits per heavy atom.